The molecule has 0 fully saturated rings. The first kappa shape index (κ1) is 23.9. The third-order valence-electron chi connectivity index (χ3n) is 6.91. The van der Waals surface area contributed by atoms with Gasteiger partial charge in [0.25, 0.3) is 5.91 Å². The predicted molar refractivity (Wildman–Crippen MR) is 138 cm³/mol. The van der Waals surface area contributed by atoms with Crippen molar-refractivity contribution in [2.75, 3.05) is 24.7 Å². The van der Waals surface area contributed by atoms with Crippen LogP contribution in [-0.2, 0) is 22.5 Å². The Labute approximate surface area is 211 Å². The molecule has 0 saturated heterocycles. The number of carbonyl (C=O) groups is 2. The first-order chi connectivity index (χ1) is 17.5. The van der Waals surface area contributed by atoms with E-state index in [-0.39, 0.29) is 17.8 Å². The first-order valence-electron chi connectivity index (χ1n) is 12.6. The zero-order valence-electron chi connectivity index (χ0n) is 20.8. The lowest BCUT2D eigenvalue weighted by molar-refractivity contribution is -0.143. The number of hydrogen-bond acceptors (Lipinski definition) is 5. The highest BCUT2D eigenvalue weighted by molar-refractivity contribution is 6.10. The summed E-state index contributed by atoms with van der Waals surface area (Å²) in [6.45, 7) is 5.54. The molecule has 6 nitrogen and oxygen atoms in total. The Bertz CT molecular complexity index is 1270. The second-order valence-electron chi connectivity index (χ2n) is 9.31. The number of nitrogens with zero attached hydrogens (tertiary/aromatic N) is 1. The average molecular weight is 486 g/mol. The van der Waals surface area contributed by atoms with Crippen LogP contribution >= 0.6 is 0 Å². The van der Waals surface area contributed by atoms with E-state index in [9.17, 15) is 9.59 Å². The predicted octanol–water partition coefficient (Wildman–Crippen LogP) is 5.60. The van der Waals surface area contributed by atoms with Gasteiger partial charge in [-0.15, -0.1) is 0 Å². The van der Waals surface area contributed by atoms with Gasteiger partial charge in [-0.3, -0.25) is 9.59 Å². The largest absolute Gasteiger partial charge is 0.490 e. The Morgan fingerprint density at radius 2 is 1.83 bits per heavy atom. The van der Waals surface area contributed by atoms with E-state index in [0.717, 1.165) is 41.2 Å². The topological polar surface area (TPSA) is 65.1 Å². The Hall–Kier alpha value is -3.80. The van der Waals surface area contributed by atoms with Crippen molar-refractivity contribution in [3.05, 3.63) is 88.5 Å². The van der Waals surface area contributed by atoms with Crippen LogP contribution in [0.15, 0.2) is 60.7 Å². The molecule has 5 rings (SSSR count). The number of fused-ring (bicyclic) bond motifs is 2. The molecule has 1 atom stereocenters. The van der Waals surface area contributed by atoms with Gasteiger partial charge in [-0.1, -0.05) is 29.8 Å². The van der Waals surface area contributed by atoms with Gasteiger partial charge < -0.3 is 19.1 Å². The lowest BCUT2D eigenvalue weighted by Gasteiger charge is -2.16. The fraction of sp³-hybridized carbons (Fsp3) is 0.333. The molecule has 0 N–H and O–H groups in total. The number of benzene rings is 3. The SMILES string of the molecule is CCOC(=O)CC1CCc2cc(OCCOc3cccc4c3CN(c3ccc(C)cc3)C4=O)ccc21. The van der Waals surface area contributed by atoms with E-state index in [0.29, 0.717) is 38.3 Å². The van der Waals surface area contributed by atoms with Crippen molar-refractivity contribution in [2.24, 2.45) is 0 Å². The molecule has 0 aromatic heterocycles. The maximum Gasteiger partial charge on any atom is 0.306 e. The lowest BCUT2D eigenvalue weighted by Crippen LogP contribution is -2.22. The molecule has 0 radical (unpaired) electrons. The molecular weight excluding hydrogens is 454 g/mol. The van der Waals surface area contributed by atoms with E-state index in [4.69, 9.17) is 14.2 Å². The smallest absolute Gasteiger partial charge is 0.306 e. The zero-order valence-corrected chi connectivity index (χ0v) is 20.8. The van der Waals surface area contributed by atoms with Gasteiger partial charge in [-0.05, 0) is 80.1 Å². The van der Waals surface area contributed by atoms with Crippen molar-refractivity contribution in [3.63, 3.8) is 0 Å². The number of rotatable bonds is 9. The average Bonchev–Trinajstić information content (AvgIpc) is 3.43. The van der Waals surface area contributed by atoms with E-state index in [2.05, 4.69) is 12.1 Å². The monoisotopic (exact) mass is 485 g/mol. The van der Waals surface area contributed by atoms with Crippen LogP contribution in [0.5, 0.6) is 11.5 Å². The summed E-state index contributed by atoms with van der Waals surface area (Å²) in [5.41, 5.74) is 6.09. The number of aryl methyl sites for hydroxylation is 2. The second-order valence-corrected chi connectivity index (χ2v) is 9.31. The third kappa shape index (κ3) is 4.94. The summed E-state index contributed by atoms with van der Waals surface area (Å²) in [4.78, 5) is 26.6. The van der Waals surface area contributed by atoms with Crippen LogP contribution in [0.2, 0.25) is 0 Å². The van der Waals surface area contributed by atoms with Gasteiger partial charge in [0, 0.05) is 16.8 Å². The summed E-state index contributed by atoms with van der Waals surface area (Å²) in [5.74, 6) is 1.60. The summed E-state index contributed by atoms with van der Waals surface area (Å²) in [7, 11) is 0. The Morgan fingerprint density at radius 3 is 2.64 bits per heavy atom. The molecule has 2 aliphatic rings. The number of ether oxygens (including phenoxy) is 3. The van der Waals surface area contributed by atoms with E-state index in [1.54, 1.807) is 4.90 Å². The number of anilines is 1. The van der Waals surface area contributed by atoms with Crippen molar-refractivity contribution in [3.8, 4) is 11.5 Å². The number of amides is 1. The normalized spacial score (nSPS) is 16.0. The molecule has 6 heteroatoms. The van der Waals surface area contributed by atoms with Crippen LogP contribution in [0, 0.1) is 6.92 Å². The maximum absolute atomic E-state index is 13.0. The molecule has 0 bridgehead atoms. The minimum absolute atomic E-state index is 0.00467. The van der Waals surface area contributed by atoms with Crippen molar-refractivity contribution < 1.29 is 23.8 Å². The second kappa shape index (κ2) is 10.4. The first-order valence-corrected chi connectivity index (χ1v) is 12.6. The molecule has 1 amide bonds. The Kier molecular flexibility index (Phi) is 6.94. The van der Waals surface area contributed by atoms with Gasteiger partial charge in [0.1, 0.15) is 24.7 Å². The molecule has 1 aliphatic carbocycles. The maximum atomic E-state index is 13.0. The Balaban J connectivity index is 1.17. The van der Waals surface area contributed by atoms with Crippen molar-refractivity contribution >= 4 is 17.6 Å². The van der Waals surface area contributed by atoms with E-state index in [1.165, 1.54) is 11.1 Å². The van der Waals surface area contributed by atoms with Crippen LogP contribution in [0.4, 0.5) is 5.69 Å². The summed E-state index contributed by atoms with van der Waals surface area (Å²) in [6, 6.07) is 19.7. The van der Waals surface area contributed by atoms with Crippen molar-refractivity contribution in [1.82, 2.24) is 0 Å². The minimum atomic E-state index is -0.135. The molecule has 186 valence electrons. The van der Waals surface area contributed by atoms with Crippen molar-refractivity contribution in [2.45, 2.75) is 45.6 Å². The summed E-state index contributed by atoms with van der Waals surface area (Å²) in [5, 5.41) is 0. The molecule has 3 aromatic rings. The molecular formula is C30H31NO5. The van der Waals surface area contributed by atoms with Crippen LogP contribution in [-0.4, -0.2) is 31.7 Å². The quantitative estimate of drug-likeness (QED) is 0.292. The molecule has 1 aliphatic heterocycles. The van der Waals surface area contributed by atoms with Crippen molar-refractivity contribution in [1.29, 1.82) is 0 Å². The highest BCUT2D eigenvalue weighted by Gasteiger charge is 2.31. The van der Waals surface area contributed by atoms with E-state index >= 15 is 0 Å². The molecule has 1 unspecified atom stereocenters. The fourth-order valence-corrected chi connectivity index (χ4v) is 5.09. The number of esters is 1. The minimum Gasteiger partial charge on any atom is -0.490 e. The molecule has 0 saturated carbocycles. The molecule has 1 heterocycles. The van der Waals surface area contributed by atoms with Gasteiger partial charge in [0.05, 0.1) is 19.6 Å². The highest BCUT2D eigenvalue weighted by Crippen LogP contribution is 2.38. The number of carbonyl (C=O) groups excluding carboxylic acids is 2. The summed E-state index contributed by atoms with van der Waals surface area (Å²) in [6.07, 6.45) is 2.33. The van der Waals surface area contributed by atoms with Gasteiger partial charge in [-0.25, -0.2) is 0 Å². The summed E-state index contributed by atoms with van der Waals surface area (Å²) >= 11 is 0. The standard InChI is InChI=1S/C30H31NO5/c1-3-34-29(32)18-22-10-9-21-17-24(13-14-25(21)22)35-15-16-36-28-6-4-5-26-27(28)19-31(30(26)33)23-11-7-20(2)8-12-23/h4-8,11-14,17,22H,3,9-10,15-16,18-19H2,1-2H3. The van der Waals surface area contributed by atoms with Crippen LogP contribution in [0.25, 0.3) is 0 Å². The molecule has 36 heavy (non-hydrogen) atoms. The van der Waals surface area contributed by atoms with Crippen LogP contribution in [0.3, 0.4) is 0 Å². The summed E-state index contributed by atoms with van der Waals surface area (Å²) < 4.78 is 17.1. The van der Waals surface area contributed by atoms with E-state index in [1.807, 2.05) is 62.4 Å². The Morgan fingerprint density at radius 1 is 1.03 bits per heavy atom. The zero-order chi connectivity index (χ0) is 25.1. The third-order valence-corrected chi connectivity index (χ3v) is 6.91. The fourth-order valence-electron chi connectivity index (χ4n) is 5.09. The van der Waals surface area contributed by atoms with Gasteiger partial charge in [0.2, 0.25) is 0 Å². The van der Waals surface area contributed by atoms with Gasteiger partial charge in [-0.2, -0.15) is 0 Å². The van der Waals surface area contributed by atoms with Gasteiger partial charge >= 0.3 is 5.97 Å². The number of hydrogen-bond donors (Lipinski definition) is 0. The molecule has 3 aromatic carbocycles. The van der Waals surface area contributed by atoms with Crippen LogP contribution in [0.1, 0.15) is 58.3 Å². The molecule has 0 spiro atoms. The van der Waals surface area contributed by atoms with Crippen LogP contribution < -0.4 is 14.4 Å². The highest BCUT2D eigenvalue weighted by atomic mass is 16.5. The van der Waals surface area contributed by atoms with Gasteiger partial charge in [0.15, 0.2) is 0 Å². The lowest BCUT2D eigenvalue weighted by atomic mass is 9.98. The van der Waals surface area contributed by atoms with E-state index < -0.39 is 0 Å².